The van der Waals surface area contributed by atoms with Crippen molar-refractivity contribution in [3.63, 3.8) is 0 Å². The van der Waals surface area contributed by atoms with E-state index in [2.05, 4.69) is 10.2 Å². The normalized spacial score (nSPS) is 23.2. The molecule has 1 unspecified atom stereocenters. The lowest BCUT2D eigenvalue weighted by Crippen LogP contribution is -2.23. The van der Waals surface area contributed by atoms with E-state index in [9.17, 15) is 8.42 Å². The molecule has 18 heavy (non-hydrogen) atoms. The quantitative estimate of drug-likeness (QED) is 0.830. The van der Waals surface area contributed by atoms with Crippen LogP contribution >= 0.6 is 0 Å². The summed E-state index contributed by atoms with van der Waals surface area (Å²) in [5.74, 6) is 0.714. The van der Waals surface area contributed by atoms with Crippen LogP contribution in [0.2, 0.25) is 0 Å². The second kappa shape index (κ2) is 3.94. The van der Waals surface area contributed by atoms with Crippen LogP contribution in [0.4, 0.5) is 5.69 Å². The lowest BCUT2D eigenvalue weighted by molar-refractivity contribution is 0.537. The molecule has 0 radical (unpaired) electrons. The van der Waals surface area contributed by atoms with Gasteiger partial charge in [0, 0.05) is 6.20 Å². The minimum Gasteiger partial charge on any atom is -0.396 e. The molecule has 0 saturated carbocycles. The van der Waals surface area contributed by atoms with Gasteiger partial charge in [0.05, 0.1) is 11.4 Å². The average molecular weight is 266 g/mol. The van der Waals surface area contributed by atoms with Gasteiger partial charge in [-0.3, -0.25) is 4.40 Å². The fourth-order valence-electron chi connectivity index (χ4n) is 2.42. The van der Waals surface area contributed by atoms with Crippen molar-refractivity contribution in [1.29, 1.82) is 0 Å². The molecule has 1 atom stereocenters. The van der Waals surface area contributed by atoms with Crippen LogP contribution in [0, 0.1) is 0 Å². The van der Waals surface area contributed by atoms with E-state index in [1.54, 1.807) is 22.7 Å². The molecule has 0 aromatic carbocycles. The summed E-state index contributed by atoms with van der Waals surface area (Å²) < 4.78 is 25.9. The summed E-state index contributed by atoms with van der Waals surface area (Å²) in [5, 5.41) is 7.46. The van der Waals surface area contributed by atoms with Gasteiger partial charge in [0.15, 0.2) is 21.3 Å². The van der Waals surface area contributed by atoms with Crippen LogP contribution in [-0.4, -0.2) is 28.8 Å². The number of hydrogen-bond donors (Lipinski definition) is 1. The van der Waals surface area contributed by atoms with Gasteiger partial charge in [-0.1, -0.05) is 6.42 Å². The van der Waals surface area contributed by atoms with E-state index >= 15 is 0 Å². The van der Waals surface area contributed by atoms with E-state index in [0.717, 1.165) is 12.8 Å². The Hall–Kier alpha value is -1.63. The highest BCUT2D eigenvalue weighted by molar-refractivity contribution is 7.91. The molecule has 1 saturated heterocycles. The molecule has 2 aromatic heterocycles. The van der Waals surface area contributed by atoms with Crippen molar-refractivity contribution in [2.45, 2.75) is 24.5 Å². The van der Waals surface area contributed by atoms with Gasteiger partial charge in [-0.05, 0) is 25.0 Å². The zero-order valence-corrected chi connectivity index (χ0v) is 10.6. The predicted octanol–water partition coefficient (Wildman–Crippen LogP) is 0.951. The molecule has 1 aliphatic rings. The van der Waals surface area contributed by atoms with Crippen LogP contribution in [-0.2, 0) is 9.84 Å². The Morgan fingerprint density at radius 1 is 1.33 bits per heavy atom. The SMILES string of the molecule is Nc1cccn2c(C3CCCCS3(=O)=O)nnc12. The van der Waals surface area contributed by atoms with Gasteiger partial charge >= 0.3 is 0 Å². The van der Waals surface area contributed by atoms with E-state index in [1.165, 1.54) is 0 Å². The number of aromatic nitrogens is 3. The minimum atomic E-state index is -3.11. The molecular weight excluding hydrogens is 252 g/mol. The van der Waals surface area contributed by atoms with Gasteiger partial charge in [-0.2, -0.15) is 0 Å². The molecule has 0 spiro atoms. The van der Waals surface area contributed by atoms with Gasteiger partial charge in [-0.15, -0.1) is 10.2 Å². The van der Waals surface area contributed by atoms with Crippen LogP contribution in [0.5, 0.6) is 0 Å². The standard InChI is InChI=1S/C11H14N4O2S/c12-8-4-3-6-15-10(8)13-14-11(15)9-5-1-2-7-18(9,16)17/h3-4,6,9H,1-2,5,7,12H2. The third-order valence-electron chi connectivity index (χ3n) is 3.36. The summed E-state index contributed by atoms with van der Waals surface area (Å²) >= 11 is 0. The molecular formula is C11H14N4O2S. The largest absolute Gasteiger partial charge is 0.396 e. The van der Waals surface area contributed by atoms with Gasteiger partial charge in [-0.25, -0.2) is 8.42 Å². The van der Waals surface area contributed by atoms with Crippen molar-refractivity contribution in [3.8, 4) is 0 Å². The molecule has 2 aromatic rings. The maximum absolute atomic E-state index is 12.1. The fourth-order valence-corrected chi connectivity index (χ4v) is 4.32. The Labute approximate surface area is 105 Å². The van der Waals surface area contributed by atoms with Crippen molar-refractivity contribution < 1.29 is 8.42 Å². The van der Waals surface area contributed by atoms with Crippen LogP contribution < -0.4 is 5.73 Å². The molecule has 7 heteroatoms. The molecule has 3 rings (SSSR count). The number of sulfone groups is 1. The summed E-state index contributed by atoms with van der Waals surface area (Å²) in [5.41, 5.74) is 6.82. The van der Waals surface area contributed by atoms with Crippen LogP contribution in [0.3, 0.4) is 0 Å². The monoisotopic (exact) mass is 266 g/mol. The highest BCUT2D eigenvalue weighted by atomic mass is 32.2. The fraction of sp³-hybridized carbons (Fsp3) is 0.455. The minimum absolute atomic E-state index is 0.231. The van der Waals surface area contributed by atoms with Crippen molar-refractivity contribution in [1.82, 2.24) is 14.6 Å². The first kappa shape index (κ1) is 11.5. The summed E-state index contributed by atoms with van der Waals surface area (Å²) in [6.45, 7) is 0. The number of nitrogens with zero attached hydrogens (tertiary/aromatic N) is 3. The van der Waals surface area contributed by atoms with Crippen molar-refractivity contribution in [3.05, 3.63) is 24.2 Å². The van der Waals surface area contributed by atoms with E-state index in [0.29, 0.717) is 23.6 Å². The number of fused-ring (bicyclic) bond motifs is 1. The Balaban J connectivity index is 2.17. The molecule has 0 amide bonds. The smallest absolute Gasteiger partial charge is 0.184 e. The van der Waals surface area contributed by atoms with Crippen molar-refractivity contribution >= 4 is 21.2 Å². The second-order valence-corrected chi connectivity index (χ2v) is 6.87. The first-order chi connectivity index (χ1) is 8.59. The van der Waals surface area contributed by atoms with Gasteiger partial charge in [0.1, 0.15) is 5.25 Å². The maximum Gasteiger partial charge on any atom is 0.184 e. The zero-order valence-electron chi connectivity index (χ0n) is 9.78. The molecule has 0 aliphatic carbocycles. The van der Waals surface area contributed by atoms with Crippen molar-refractivity contribution in [2.75, 3.05) is 11.5 Å². The van der Waals surface area contributed by atoms with Gasteiger partial charge in [0.25, 0.3) is 0 Å². The topological polar surface area (TPSA) is 90.3 Å². The van der Waals surface area contributed by atoms with Gasteiger partial charge < -0.3 is 5.73 Å². The molecule has 2 N–H and O–H groups in total. The Morgan fingerprint density at radius 2 is 2.17 bits per heavy atom. The number of anilines is 1. The van der Waals surface area contributed by atoms with Crippen LogP contribution in [0.1, 0.15) is 30.3 Å². The van der Waals surface area contributed by atoms with Gasteiger partial charge in [0.2, 0.25) is 0 Å². The van der Waals surface area contributed by atoms with Crippen LogP contribution in [0.25, 0.3) is 5.65 Å². The predicted molar refractivity (Wildman–Crippen MR) is 67.8 cm³/mol. The molecule has 3 heterocycles. The first-order valence-corrected chi connectivity index (χ1v) is 7.62. The Bertz CT molecular complexity index is 692. The van der Waals surface area contributed by atoms with E-state index in [-0.39, 0.29) is 5.75 Å². The van der Waals surface area contributed by atoms with E-state index < -0.39 is 15.1 Å². The second-order valence-electron chi connectivity index (χ2n) is 4.57. The summed E-state index contributed by atoms with van der Waals surface area (Å²) in [6.07, 6.45) is 4.00. The van der Waals surface area contributed by atoms with Crippen LogP contribution in [0.15, 0.2) is 18.3 Å². The Kier molecular flexibility index (Phi) is 2.51. The third kappa shape index (κ3) is 1.66. The number of pyridine rings is 1. The lowest BCUT2D eigenvalue weighted by atomic mass is 10.2. The molecule has 0 bridgehead atoms. The molecule has 6 nitrogen and oxygen atoms in total. The van der Waals surface area contributed by atoms with Crippen molar-refractivity contribution in [2.24, 2.45) is 0 Å². The molecule has 1 aliphatic heterocycles. The summed E-state index contributed by atoms with van der Waals surface area (Å²) in [6, 6.07) is 3.49. The lowest BCUT2D eigenvalue weighted by Gasteiger charge is -2.20. The van der Waals surface area contributed by atoms with E-state index in [1.807, 2.05) is 0 Å². The number of rotatable bonds is 1. The maximum atomic E-state index is 12.1. The highest BCUT2D eigenvalue weighted by Crippen LogP contribution is 2.32. The molecule has 1 fully saturated rings. The Morgan fingerprint density at radius 3 is 2.94 bits per heavy atom. The average Bonchev–Trinajstić information content (AvgIpc) is 2.74. The number of hydrogen-bond acceptors (Lipinski definition) is 5. The highest BCUT2D eigenvalue weighted by Gasteiger charge is 2.33. The summed E-state index contributed by atoms with van der Waals surface area (Å²) in [4.78, 5) is 0. The number of nitrogen functional groups attached to an aromatic ring is 1. The summed E-state index contributed by atoms with van der Waals surface area (Å²) in [7, 11) is -3.11. The zero-order chi connectivity index (χ0) is 12.8. The number of nitrogens with two attached hydrogens (primary N) is 1. The first-order valence-electron chi connectivity index (χ1n) is 5.90. The third-order valence-corrected chi connectivity index (χ3v) is 5.53. The molecule has 96 valence electrons. The van der Waals surface area contributed by atoms with E-state index in [4.69, 9.17) is 5.73 Å².